The Balaban J connectivity index is 1.16. The lowest BCUT2D eigenvalue weighted by molar-refractivity contribution is -0.160. The van der Waals surface area contributed by atoms with Crippen molar-refractivity contribution < 1.29 is 19.1 Å². The molecule has 2 saturated carbocycles. The number of carbonyl (C=O) groups is 2. The van der Waals surface area contributed by atoms with Crippen LogP contribution in [0.1, 0.15) is 98.8 Å². The van der Waals surface area contributed by atoms with Gasteiger partial charge in [0.25, 0.3) is 0 Å². The molecule has 4 aliphatic rings. The molecule has 2 amide bonds. The van der Waals surface area contributed by atoms with Crippen molar-refractivity contribution in [3.8, 4) is 0 Å². The van der Waals surface area contributed by atoms with Crippen LogP contribution in [0, 0.1) is 40.4 Å². The maximum Gasteiger partial charge on any atom is 0.319 e. The number of hydrogen-bond donors (Lipinski definition) is 2. The van der Waals surface area contributed by atoms with Gasteiger partial charge in [-0.15, -0.1) is 0 Å². The molecular weight excluding hydrogens is 512 g/mol. The molecule has 6 nitrogen and oxygen atoms in total. The largest absolute Gasteiger partial charge is 0.431 e. The highest BCUT2D eigenvalue weighted by Crippen LogP contribution is 2.65. The second-order valence-corrected chi connectivity index (χ2v) is 14.3. The van der Waals surface area contributed by atoms with Crippen LogP contribution in [0.5, 0.6) is 0 Å². The molecule has 6 heteroatoms. The van der Waals surface area contributed by atoms with Gasteiger partial charge in [0.2, 0.25) is 0 Å². The Bertz CT molecular complexity index is 1120. The summed E-state index contributed by atoms with van der Waals surface area (Å²) in [5, 5.41) is 5.68. The number of anilines is 1. The van der Waals surface area contributed by atoms with E-state index in [1.807, 2.05) is 30.3 Å². The molecule has 0 unspecified atom stereocenters. The Morgan fingerprint density at radius 2 is 1.83 bits per heavy atom. The highest BCUT2D eigenvalue weighted by Gasteiger charge is 2.59. The van der Waals surface area contributed by atoms with E-state index in [4.69, 9.17) is 9.47 Å². The molecule has 5 rings (SSSR count). The maximum absolute atomic E-state index is 13.6. The number of nitrogens with one attached hydrogen (secondary N) is 2. The van der Waals surface area contributed by atoms with Crippen LogP contribution in [-0.2, 0) is 14.3 Å². The molecule has 1 aromatic carbocycles. The van der Waals surface area contributed by atoms with Crippen molar-refractivity contribution in [3.63, 3.8) is 0 Å². The Kier molecular flexibility index (Phi) is 9.18. The third kappa shape index (κ3) is 6.23. The lowest BCUT2D eigenvalue weighted by Crippen LogP contribution is -2.50. The molecule has 0 aromatic heterocycles. The fourth-order valence-corrected chi connectivity index (χ4v) is 8.88. The van der Waals surface area contributed by atoms with Crippen LogP contribution >= 0.6 is 0 Å². The number of allylic oxidation sites excluding steroid dienone is 2. The summed E-state index contributed by atoms with van der Waals surface area (Å²) in [5.74, 6) is 3.46. The standard InChI is InChI=1S/C35H52N2O4/c1-23(2)10-9-11-24(3)27-14-15-28-31-29(17-19-34(27,28)4)35(5)18-16-26(22-30(35)32(38)41-31)40-21-20-36-33(39)37-25-12-7-6-8-13-25/h6-8,12-13,23-24,26-28,30H,9-11,14-22H2,1-5H3,(H2,36,37,39)/t24-,26+,27-,28+,30-,34-,35-/m1/s1. The molecule has 226 valence electrons. The van der Waals surface area contributed by atoms with Crippen LogP contribution in [0.15, 0.2) is 41.7 Å². The minimum atomic E-state index is -0.241. The van der Waals surface area contributed by atoms with Crippen LogP contribution in [0.2, 0.25) is 0 Å². The summed E-state index contributed by atoms with van der Waals surface area (Å²) >= 11 is 0. The zero-order chi connectivity index (χ0) is 29.2. The van der Waals surface area contributed by atoms with Crippen LogP contribution in [-0.4, -0.2) is 31.3 Å². The molecule has 1 aromatic rings. The number of rotatable bonds is 10. The van der Waals surface area contributed by atoms with E-state index >= 15 is 0 Å². The van der Waals surface area contributed by atoms with Gasteiger partial charge in [0.15, 0.2) is 0 Å². The topological polar surface area (TPSA) is 76.7 Å². The fraction of sp³-hybridized carbons (Fsp3) is 0.714. The molecular formula is C35H52N2O4. The number of esters is 1. The van der Waals surface area contributed by atoms with Crippen LogP contribution in [0.25, 0.3) is 0 Å². The van der Waals surface area contributed by atoms with Gasteiger partial charge in [0, 0.05) is 23.6 Å². The molecule has 0 saturated heterocycles. The molecule has 41 heavy (non-hydrogen) atoms. The number of urea groups is 1. The van der Waals surface area contributed by atoms with E-state index in [9.17, 15) is 9.59 Å². The van der Waals surface area contributed by atoms with Crippen molar-refractivity contribution in [1.82, 2.24) is 5.32 Å². The van der Waals surface area contributed by atoms with E-state index < -0.39 is 0 Å². The van der Waals surface area contributed by atoms with Gasteiger partial charge in [0.05, 0.1) is 18.6 Å². The van der Waals surface area contributed by atoms with E-state index in [-0.39, 0.29) is 34.9 Å². The molecule has 0 spiro atoms. The van der Waals surface area contributed by atoms with Gasteiger partial charge in [-0.1, -0.05) is 72.1 Å². The molecule has 2 fully saturated rings. The Labute approximate surface area is 247 Å². The molecule has 7 atom stereocenters. The molecule has 1 aliphatic heterocycles. The summed E-state index contributed by atoms with van der Waals surface area (Å²) < 4.78 is 12.5. The molecule has 0 radical (unpaired) electrons. The van der Waals surface area contributed by atoms with Gasteiger partial charge >= 0.3 is 12.0 Å². The molecule has 2 N–H and O–H groups in total. The number of para-hydroxylation sites is 1. The monoisotopic (exact) mass is 564 g/mol. The molecule has 0 bridgehead atoms. The van der Waals surface area contributed by atoms with Gasteiger partial charge in [-0.25, -0.2) is 4.79 Å². The van der Waals surface area contributed by atoms with Crippen molar-refractivity contribution in [1.29, 1.82) is 0 Å². The first-order valence-electron chi connectivity index (χ1n) is 16.3. The number of amides is 2. The minimum absolute atomic E-state index is 0.0122. The first-order chi connectivity index (χ1) is 19.6. The maximum atomic E-state index is 13.6. The van der Waals surface area contributed by atoms with Crippen molar-refractivity contribution in [2.45, 2.75) is 105 Å². The summed E-state index contributed by atoms with van der Waals surface area (Å²) in [6.07, 6.45) is 11.2. The fourth-order valence-electron chi connectivity index (χ4n) is 8.88. The lowest BCUT2D eigenvalue weighted by atomic mass is 9.54. The summed E-state index contributed by atoms with van der Waals surface area (Å²) in [6, 6.07) is 9.15. The number of ether oxygens (including phenoxy) is 2. The number of hydrogen-bond acceptors (Lipinski definition) is 4. The first kappa shape index (κ1) is 30.1. The highest BCUT2D eigenvalue weighted by atomic mass is 16.5. The van der Waals surface area contributed by atoms with Gasteiger partial charge in [0.1, 0.15) is 5.76 Å². The quantitative estimate of drug-likeness (QED) is 0.222. The second kappa shape index (κ2) is 12.5. The molecule has 1 heterocycles. The predicted molar refractivity (Wildman–Crippen MR) is 163 cm³/mol. The third-order valence-electron chi connectivity index (χ3n) is 11.3. The average molecular weight is 565 g/mol. The first-order valence-corrected chi connectivity index (χ1v) is 16.3. The van der Waals surface area contributed by atoms with Crippen LogP contribution in [0.3, 0.4) is 0 Å². The smallest absolute Gasteiger partial charge is 0.319 e. The van der Waals surface area contributed by atoms with E-state index in [1.165, 1.54) is 37.7 Å². The van der Waals surface area contributed by atoms with Crippen molar-refractivity contribution >= 4 is 17.7 Å². The van der Waals surface area contributed by atoms with Gasteiger partial charge in [-0.3, -0.25) is 4.79 Å². The zero-order valence-electron chi connectivity index (χ0n) is 26.0. The van der Waals surface area contributed by atoms with Crippen LogP contribution < -0.4 is 10.6 Å². The van der Waals surface area contributed by atoms with Crippen molar-refractivity contribution in [3.05, 3.63) is 41.7 Å². The predicted octanol–water partition coefficient (Wildman–Crippen LogP) is 8.10. The summed E-state index contributed by atoms with van der Waals surface area (Å²) in [6.45, 7) is 12.8. The minimum Gasteiger partial charge on any atom is -0.431 e. The summed E-state index contributed by atoms with van der Waals surface area (Å²) in [7, 11) is 0. The second-order valence-electron chi connectivity index (χ2n) is 14.3. The van der Waals surface area contributed by atoms with E-state index in [0.29, 0.717) is 31.4 Å². The van der Waals surface area contributed by atoms with E-state index in [2.05, 4.69) is 45.3 Å². The number of benzene rings is 1. The Morgan fingerprint density at radius 1 is 1.05 bits per heavy atom. The SMILES string of the molecule is CC(C)CCC[C@@H](C)[C@H]1CC[C@H]2C3=C(CC[C@]12C)[C@@]1(C)CC[C@H](OCCNC(=O)Nc2ccccc2)C[C@@H]1C(=O)O3. The number of carbonyl (C=O) groups excluding carboxylic acids is 2. The van der Waals surface area contributed by atoms with E-state index in [0.717, 1.165) is 49.0 Å². The van der Waals surface area contributed by atoms with E-state index in [1.54, 1.807) is 0 Å². The van der Waals surface area contributed by atoms with Crippen LogP contribution in [0.4, 0.5) is 10.5 Å². The molecule has 3 aliphatic carbocycles. The highest BCUT2D eigenvalue weighted by molar-refractivity contribution is 5.89. The average Bonchev–Trinajstić information content (AvgIpc) is 3.29. The zero-order valence-corrected chi connectivity index (χ0v) is 26.0. The third-order valence-corrected chi connectivity index (χ3v) is 11.3. The number of fused-ring (bicyclic) bond motifs is 4. The van der Waals surface area contributed by atoms with Gasteiger partial charge in [-0.2, -0.15) is 0 Å². The van der Waals surface area contributed by atoms with Gasteiger partial charge < -0.3 is 20.1 Å². The summed E-state index contributed by atoms with van der Waals surface area (Å²) in [4.78, 5) is 25.7. The van der Waals surface area contributed by atoms with Crippen molar-refractivity contribution in [2.24, 2.45) is 40.4 Å². The lowest BCUT2D eigenvalue weighted by Gasteiger charge is -2.53. The summed E-state index contributed by atoms with van der Waals surface area (Å²) in [5.41, 5.74) is 2.31. The Hall–Kier alpha value is -2.34. The van der Waals surface area contributed by atoms with Crippen molar-refractivity contribution in [2.75, 3.05) is 18.5 Å². The Morgan fingerprint density at radius 3 is 2.59 bits per heavy atom. The van der Waals surface area contributed by atoms with Gasteiger partial charge in [-0.05, 0) is 85.8 Å². The normalized spacial score (nSPS) is 33.5.